The smallest absolute Gasteiger partial charge is 0.415 e. The molecule has 2 atom stereocenters. The number of carbonyl (C=O) groups excluding carboxylic acids is 2. The molecule has 3 aromatic rings. The minimum Gasteiger partial charge on any atom is -0.480 e. The number of pyridine rings is 2. The van der Waals surface area contributed by atoms with E-state index in [0.717, 1.165) is 43.4 Å². The molecule has 1 aromatic carbocycles. The maximum Gasteiger partial charge on any atom is 0.415 e. The van der Waals surface area contributed by atoms with Crippen molar-refractivity contribution < 1.29 is 19.1 Å². The van der Waals surface area contributed by atoms with E-state index < -0.39 is 6.09 Å². The van der Waals surface area contributed by atoms with Gasteiger partial charge in [0.25, 0.3) is 5.91 Å². The average Bonchev–Trinajstić information content (AvgIpc) is 3.49. The number of rotatable bonds is 7. The van der Waals surface area contributed by atoms with Crippen molar-refractivity contribution in [2.24, 2.45) is 5.92 Å². The Morgan fingerprint density at radius 1 is 1.14 bits per heavy atom. The summed E-state index contributed by atoms with van der Waals surface area (Å²) < 4.78 is 13.1. The number of carbonyl (C=O) groups is 2. The Morgan fingerprint density at radius 3 is 2.89 bits per heavy atom. The first-order valence-electron chi connectivity index (χ1n) is 12.8. The van der Waals surface area contributed by atoms with E-state index in [1.54, 1.807) is 18.2 Å². The number of benzene rings is 1. The molecule has 2 amide bonds. The lowest BCUT2D eigenvalue weighted by Crippen LogP contribution is -2.30. The number of nitrogens with zero attached hydrogens (tertiary/aromatic N) is 3. The van der Waals surface area contributed by atoms with E-state index in [0.29, 0.717) is 36.3 Å². The van der Waals surface area contributed by atoms with Gasteiger partial charge in [0.1, 0.15) is 11.9 Å². The van der Waals surface area contributed by atoms with Crippen LogP contribution in [0.2, 0.25) is 0 Å². The molecule has 2 aromatic heterocycles. The zero-order chi connectivity index (χ0) is 25.5. The normalized spacial score (nSPS) is 20.4. The molecular weight excluding hydrogens is 474 g/mol. The van der Waals surface area contributed by atoms with Crippen molar-refractivity contribution >= 4 is 34.5 Å². The Hall–Kier alpha value is -3.92. The van der Waals surface area contributed by atoms with Crippen molar-refractivity contribution in [3.63, 3.8) is 0 Å². The second kappa shape index (κ2) is 9.51. The van der Waals surface area contributed by atoms with E-state index in [1.807, 2.05) is 12.3 Å². The third-order valence-electron chi connectivity index (χ3n) is 7.37. The molecule has 10 nitrogen and oxygen atoms in total. The molecule has 3 aliphatic rings. The van der Waals surface area contributed by atoms with Crippen LogP contribution in [0.4, 0.5) is 16.4 Å². The van der Waals surface area contributed by atoms with E-state index in [9.17, 15) is 14.4 Å². The van der Waals surface area contributed by atoms with Crippen LogP contribution in [0.1, 0.15) is 24.5 Å². The molecule has 192 valence electrons. The van der Waals surface area contributed by atoms with Crippen molar-refractivity contribution in [1.82, 2.24) is 14.9 Å². The van der Waals surface area contributed by atoms with E-state index >= 15 is 0 Å². The van der Waals surface area contributed by atoms with Crippen LogP contribution in [0.25, 0.3) is 10.9 Å². The highest BCUT2D eigenvalue weighted by atomic mass is 16.6. The molecule has 0 saturated carbocycles. The predicted octanol–water partition coefficient (Wildman–Crippen LogP) is 2.47. The molecular formula is C27H29N5O5. The van der Waals surface area contributed by atoms with E-state index in [4.69, 9.17) is 9.47 Å². The molecule has 37 heavy (non-hydrogen) atoms. The van der Waals surface area contributed by atoms with Gasteiger partial charge >= 0.3 is 6.09 Å². The molecule has 1 aliphatic carbocycles. The van der Waals surface area contributed by atoms with E-state index in [-0.39, 0.29) is 24.0 Å². The molecule has 1 saturated heterocycles. The Balaban J connectivity index is 1.03. The summed E-state index contributed by atoms with van der Waals surface area (Å²) in [4.78, 5) is 42.3. The number of aryl methyl sites for hydroxylation is 1. The maximum absolute atomic E-state index is 12.5. The number of hydrogen-bond donors (Lipinski definition) is 2. The number of anilines is 2. The van der Waals surface area contributed by atoms with Crippen molar-refractivity contribution in [3.8, 4) is 5.75 Å². The van der Waals surface area contributed by atoms with Crippen LogP contribution in [-0.2, 0) is 28.9 Å². The van der Waals surface area contributed by atoms with Crippen molar-refractivity contribution in [1.29, 1.82) is 0 Å². The van der Waals surface area contributed by atoms with Crippen molar-refractivity contribution in [3.05, 3.63) is 57.9 Å². The van der Waals surface area contributed by atoms with Gasteiger partial charge in [-0.1, -0.05) is 6.07 Å². The molecule has 0 spiro atoms. The Morgan fingerprint density at radius 2 is 2.03 bits per heavy atom. The summed E-state index contributed by atoms with van der Waals surface area (Å²) in [6.45, 7) is 4.87. The average molecular weight is 504 g/mol. The molecule has 2 N–H and O–H groups in total. The lowest BCUT2D eigenvalue weighted by molar-refractivity contribution is -0.118. The number of cyclic esters (lactones) is 1. The van der Waals surface area contributed by atoms with Gasteiger partial charge in [-0.15, -0.1) is 0 Å². The summed E-state index contributed by atoms with van der Waals surface area (Å²) in [6, 6.07) is 9.12. The maximum atomic E-state index is 12.5. The standard InChI is InChI=1S/C27H29N5O5/c1-2-31-10-8-21(33)19-4-3-17-11-16(12-20(17)25(19)31)13-28-9-7-18-14-32(27(35)37-18)23-6-5-22-26(29-23)30-24(34)15-36-22/h3-6,8,10,16,18,28H,2,7,9,11-15H2,1H3,(H,29,30,34). The Kier molecular flexibility index (Phi) is 6.03. The summed E-state index contributed by atoms with van der Waals surface area (Å²) in [5, 5.41) is 7.00. The number of fused-ring (bicyclic) bond motifs is 4. The fraction of sp³-hybridized carbons (Fsp3) is 0.407. The second-order valence-electron chi connectivity index (χ2n) is 9.80. The minimum absolute atomic E-state index is 0.0434. The zero-order valence-electron chi connectivity index (χ0n) is 20.7. The van der Waals surface area contributed by atoms with Crippen LogP contribution in [0.3, 0.4) is 0 Å². The fourth-order valence-electron chi connectivity index (χ4n) is 5.56. The highest BCUT2D eigenvalue weighted by Crippen LogP contribution is 2.32. The van der Waals surface area contributed by atoms with E-state index in [1.165, 1.54) is 16.0 Å². The van der Waals surface area contributed by atoms with Crippen LogP contribution < -0.4 is 25.7 Å². The second-order valence-corrected chi connectivity index (χ2v) is 9.80. The van der Waals surface area contributed by atoms with Gasteiger partial charge < -0.3 is 24.7 Å². The monoisotopic (exact) mass is 503 g/mol. The first-order valence-corrected chi connectivity index (χ1v) is 12.8. The van der Waals surface area contributed by atoms with Gasteiger partial charge in [-0.25, -0.2) is 9.78 Å². The number of amides is 2. The van der Waals surface area contributed by atoms with Crippen molar-refractivity contribution in [2.45, 2.75) is 38.8 Å². The Bertz CT molecular complexity index is 1450. The zero-order valence-corrected chi connectivity index (χ0v) is 20.7. The van der Waals surface area contributed by atoms with Gasteiger partial charge in [0.15, 0.2) is 23.6 Å². The van der Waals surface area contributed by atoms with Crippen LogP contribution in [0, 0.1) is 5.92 Å². The third kappa shape index (κ3) is 4.42. The molecule has 10 heteroatoms. The molecule has 1 fully saturated rings. The molecule has 4 heterocycles. The molecule has 2 aliphatic heterocycles. The summed E-state index contributed by atoms with van der Waals surface area (Å²) in [6.07, 6.45) is 3.83. The van der Waals surface area contributed by atoms with Crippen LogP contribution in [0.5, 0.6) is 5.75 Å². The first kappa shape index (κ1) is 23.5. The van der Waals surface area contributed by atoms with Crippen molar-refractivity contribution in [2.75, 3.05) is 36.5 Å². The summed E-state index contributed by atoms with van der Waals surface area (Å²) in [5.74, 6) is 1.40. The topological polar surface area (TPSA) is 115 Å². The number of aromatic nitrogens is 2. The summed E-state index contributed by atoms with van der Waals surface area (Å²) in [7, 11) is 0. The van der Waals surface area contributed by atoms with Gasteiger partial charge in [0.2, 0.25) is 0 Å². The van der Waals surface area contributed by atoms with Gasteiger partial charge in [0.05, 0.1) is 12.1 Å². The van der Waals surface area contributed by atoms with E-state index in [2.05, 4.69) is 33.2 Å². The highest BCUT2D eigenvalue weighted by Gasteiger charge is 2.34. The van der Waals surface area contributed by atoms with Crippen LogP contribution in [0.15, 0.2) is 41.3 Å². The number of hydrogen-bond acceptors (Lipinski definition) is 7. The SMILES string of the molecule is CCn1ccc(=O)c2ccc3c(c21)CC(CNCCC1CN(c2ccc4c(n2)NC(=O)CO4)C(=O)O1)C3. The molecule has 2 unspecified atom stereocenters. The first-order chi connectivity index (χ1) is 18.0. The van der Waals surface area contributed by atoms with Gasteiger partial charge in [-0.2, -0.15) is 0 Å². The molecule has 0 bridgehead atoms. The summed E-state index contributed by atoms with van der Waals surface area (Å²) >= 11 is 0. The number of ether oxygens (including phenoxy) is 2. The fourth-order valence-corrected chi connectivity index (χ4v) is 5.56. The minimum atomic E-state index is -0.444. The summed E-state index contributed by atoms with van der Waals surface area (Å²) in [5.41, 5.74) is 3.78. The van der Waals surface area contributed by atoms with Gasteiger partial charge in [0, 0.05) is 24.2 Å². The quantitative estimate of drug-likeness (QED) is 0.476. The van der Waals surface area contributed by atoms with Gasteiger partial charge in [-0.05, 0) is 74.5 Å². The lowest BCUT2D eigenvalue weighted by atomic mass is 10.0. The predicted molar refractivity (Wildman–Crippen MR) is 138 cm³/mol. The molecule has 6 rings (SSSR count). The number of nitrogens with one attached hydrogen (secondary N) is 2. The third-order valence-corrected chi connectivity index (χ3v) is 7.37. The Labute approximate surface area is 213 Å². The van der Waals surface area contributed by atoms with Crippen LogP contribution >= 0.6 is 0 Å². The highest BCUT2D eigenvalue weighted by molar-refractivity contribution is 5.95. The van der Waals surface area contributed by atoms with Crippen LogP contribution in [-0.4, -0.2) is 53.9 Å². The largest absolute Gasteiger partial charge is 0.480 e. The van der Waals surface area contributed by atoms with Gasteiger partial charge in [-0.3, -0.25) is 14.5 Å². The molecule has 0 radical (unpaired) electrons. The lowest BCUT2D eigenvalue weighted by Gasteiger charge is -2.19.